The molecule has 0 aliphatic rings. The molecule has 0 aromatic carbocycles. The third-order valence-electron chi connectivity index (χ3n) is 2.47. The molecule has 0 amide bonds. The highest BCUT2D eigenvalue weighted by atomic mass is 16.4. The van der Waals surface area contributed by atoms with E-state index in [4.69, 9.17) is 5.11 Å². The quantitative estimate of drug-likeness (QED) is 0.603. The minimum atomic E-state index is -1.41. The Balaban J connectivity index is 4.48. The van der Waals surface area contributed by atoms with Crippen molar-refractivity contribution < 1.29 is 14.7 Å². The van der Waals surface area contributed by atoms with Crippen molar-refractivity contribution in [2.45, 2.75) is 52.0 Å². The molecule has 0 saturated carbocycles. The molecule has 0 aliphatic carbocycles. The van der Waals surface area contributed by atoms with Crippen LogP contribution in [0.3, 0.4) is 0 Å². The molecule has 0 spiro atoms. The molecule has 0 heterocycles. The van der Waals surface area contributed by atoms with Gasteiger partial charge in [-0.2, -0.15) is 0 Å². The normalized spacial score (nSPS) is 14.6. The van der Waals surface area contributed by atoms with Gasteiger partial charge in [-0.15, -0.1) is 0 Å². The molecule has 88 valence electrons. The Hall–Kier alpha value is -0.900. The van der Waals surface area contributed by atoms with Crippen molar-refractivity contribution in [2.75, 3.05) is 6.54 Å². The van der Waals surface area contributed by atoms with Gasteiger partial charge < -0.3 is 5.11 Å². The van der Waals surface area contributed by atoms with E-state index in [2.05, 4.69) is 5.32 Å². The van der Waals surface area contributed by atoms with Crippen molar-refractivity contribution in [1.29, 1.82) is 0 Å². The van der Waals surface area contributed by atoms with E-state index in [1.807, 2.05) is 13.8 Å². The molecule has 4 nitrogen and oxygen atoms in total. The van der Waals surface area contributed by atoms with Crippen LogP contribution in [0, 0.1) is 0 Å². The molecule has 2 N–H and O–H groups in total. The van der Waals surface area contributed by atoms with Gasteiger partial charge in [0.2, 0.25) is 0 Å². The summed E-state index contributed by atoms with van der Waals surface area (Å²) in [6, 6.07) is 0. The number of carboxylic acid groups (broad SMARTS) is 1. The number of unbranched alkanes of at least 4 members (excludes halogenated alkanes) is 1. The van der Waals surface area contributed by atoms with Gasteiger partial charge in [0, 0.05) is 6.42 Å². The minimum Gasteiger partial charge on any atom is -0.480 e. The third kappa shape index (κ3) is 4.00. The third-order valence-corrected chi connectivity index (χ3v) is 2.47. The molecule has 0 rings (SSSR count). The van der Waals surface area contributed by atoms with Crippen LogP contribution in [0.15, 0.2) is 0 Å². The van der Waals surface area contributed by atoms with Crippen LogP contribution in [-0.4, -0.2) is 28.9 Å². The van der Waals surface area contributed by atoms with E-state index in [1.54, 1.807) is 0 Å². The maximum absolute atomic E-state index is 11.7. The second kappa shape index (κ2) is 6.56. The highest BCUT2D eigenvalue weighted by Crippen LogP contribution is 2.11. The minimum absolute atomic E-state index is 0.231. The first-order chi connectivity index (χ1) is 6.99. The highest BCUT2D eigenvalue weighted by molar-refractivity contribution is 6.07. The summed E-state index contributed by atoms with van der Waals surface area (Å²) in [4.78, 5) is 22.8. The number of hydrogen-bond acceptors (Lipinski definition) is 3. The van der Waals surface area contributed by atoms with Gasteiger partial charge in [-0.25, -0.2) is 4.79 Å². The van der Waals surface area contributed by atoms with Gasteiger partial charge in [0.25, 0.3) is 0 Å². The Morgan fingerprint density at radius 3 is 2.27 bits per heavy atom. The van der Waals surface area contributed by atoms with Crippen LogP contribution < -0.4 is 5.32 Å². The Labute approximate surface area is 91.1 Å². The van der Waals surface area contributed by atoms with E-state index in [1.165, 1.54) is 6.92 Å². The summed E-state index contributed by atoms with van der Waals surface area (Å²) in [5, 5.41) is 11.9. The zero-order valence-corrected chi connectivity index (χ0v) is 9.80. The molecular weight excluding hydrogens is 194 g/mol. The van der Waals surface area contributed by atoms with Gasteiger partial charge in [-0.05, 0) is 26.3 Å². The lowest BCUT2D eigenvalue weighted by atomic mass is 9.92. The number of ketones is 1. The van der Waals surface area contributed by atoms with Crippen molar-refractivity contribution in [3.05, 3.63) is 0 Å². The number of carbonyl (C=O) groups is 2. The Bertz CT molecular complexity index is 228. The summed E-state index contributed by atoms with van der Waals surface area (Å²) in [6.45, 7) is 5.90. The average molecular weight is 215 g/mol. The number of carbonyl (C=O) groups excluding carboxylic acids is 1. The van der Waals surface area contributed by atoms with Crippen molar-refractivity contribution in [3.8, 4) is 0 Å². The zero-order chi connectivity index (χ0) is 11.9. The fraction of sp³-hybridized carbons (Fsp3) is 0.818. The average Bonchev–Trinajstić information content (AvgIpc) is 2.21. The van der Waals surface area contributed by atoms with E-state index in [9.17, 15) is 9.59 Å². The maximum Gasteiger partial charge on any atom is 0.331 e. The summed E-state index contributed by atoms with van der Waals surface area (Å²) in [7, 11) is 0. The summed E-state index contributed by atoms with van der Waals surface area (Å²) in [5.74, 6) is -1.32. The Morgan fingerprint density at radius 2 is 1.87 bits per heavy atom. The van der Waals surface area contributed by atoms with Gasteiger partial charge in [0.05, 0.1) is 0 Å². The monoisotopic (exact) mass is 215 g/mol. The molecular formula is C11H21NO3. The first kappa shape index (κ1) is 14.1. The van der Waals surface area contributed by atoms with Gasteiger partial charge in [-0.1, -0.05) is 20.3 Å². The summed E-state index contributed by atoms with van der Waals surface area (Å²) in [6.07, 6.45) is 2.78. The Kier molecular flexibility index (Phi) is 6.17. The number of hydrogen-bond donors (Lipinski definition) is 2. The molecule has 0 saturated heterocycles. The van der Waals surface area contributed by atoms with Crippen LogP contribution in [0.2, 0.25) is 0 Å². The maximum atomic E-state index is 11.7. The summed E-state index contributed by atoms with van der Waals surface area (Å²) < 4.78 is 0. The fourth-order valence-electron chi connectivity index (χ4n) is 1.26. The molecule has 4 heteroatoms. The van der Waals surface area contributed by atoms with Gasteiger partial charge >= 0.3 is 5.97 Å². The summed E-state index contributed by atoms with van der Waals surface area (Å²) in [5.41, 5.74) is -1.41. The second-order valence-electron chi connectivity index (χ2n) is 3.88. The lowest BCUT2D eigenvalue weighted by Crippen LogP contribution is -2.56. The Morgan fingerprint density at radius 1 is 1.27 bits per heavy atom. The van der Waals surface area contributed by atoms with Crippen LogP contribution in [0.4, 0.5) is 0 Å². The first-order valence-corrected chi connectivity index (χ1v) is 5.50. The van der Waals surface area contributed by atoms with E-state index < -0.39 is 11.5 Å². The van der Waals surface area contributed by atoms with Crippen molar-refractivity contribution in [3.63, 3.8) is 0 Å². The molecule has 0 aromatic heterocycles. The number of Topliss-reactive ketones (excluding diaryl/α,β-unsaturated/α-hetero) is 1. The molecule has 0 aromatic rings. The molecule has 1 atom stereocenters. The number of rotatable bonds is 8. The zero-order valence-electron chi connectivity index (χ0n) is 9.80. The first-order valence-electron chi connectivity index (χ1n) is 5.50. The predicted octanol–water partition coefficient (Wildman–Crippen LogP) is 1.59. The van der Waals surface area contributed by atoms with Crippen LogP contribution in [0.5, 0.6) is 0 Å². The lowest BCUT2D eigenvalue weighted by Gasteiger charge is -2.24. The number of aliphatic carboxylic acids is 1. The molecule has 0 bridgehead atoms. The van der Waals surface area contributed by atoms with Crippen LogP contribution in [0.25, 0.3) is 0 Å². The lowest BCUT2D eigenvalue weighted by molar-refractivity contribution is -0.149. The van der Waals surface area contributed by atoms with E-state index in [0.29, 0.717) is 13.0 Å². The second-order valence-corrected chi connectivity index (χ2v) is 3.88. The van der Waals surface area contributed by atoms with Crippen LogP contribution in [-0.2, 0) is 9.59 Å². The standard InChI is InChI=1S/C11H21NO3/c1-4-6-7-9(13)11(3,10(14)15)12-8-5-2/h12H,4-8H2,1-3H3,(H,14,15). The van der Waals surface area contributed by atoms with E-state index >= 15 is 0 Å². The number of nitrogens with one attached hydrogen (secondary N) is 1. The molecule has 0 fully saturated rings. The van der Waals surface area contributed by atoms with E-state index in [0.717, 1.165) is 19.3 Å². The smallest absolute Gasteiger partial charge is 0.331 e. The molecule has 0 aliphatic heterocycles. The number of carboxylic acids is 1. The van der Waals surface area contributed by atoms with Crippen LogP contribution >= 0.6 is 0 Å². The largest absolute Gasteiger partial charge is 0.480 e. The summed E-state index contributed by atoms with van der Waals surface area (Å²) >= 11 is 0. The molecule has 0 radical (unpaired) electrons. The predicted molar refractivity (Wildman–Crippen MR) is 58.9 cm³/mol. The van der Waals surface area contributed by atoms with Gasteiger partial charge in [0.15, 0.2) is 11.3 Å². The fourth-order valence-corrected chi connectivity index (χ4v) is 1.26. The molecule has 15 heavy (non-hydrogen) atoms. The van der Waals surface area contributed by atoms with Crippen molar-refractivity contribution >= 4 is 11.8 Å². The topological polar surface area (TPSA) is 66.4 Å². The van der Waals surface area contributed by atoms with Crippen molar-refractivity contribution in [2.24, 2.45) is 0 Å². The van der Waals surface area contributed by atoms with Gasteiger partial charge in [0.1, 0.15) is 0 Å². The molecule has 1 unspecified atom stereocenters. The SMILES string of the molecule is CCCCC(=O)C(C)(NCCC)C(=O)O. The van der Waals surface area contributed by atoms with E-state index in [-0.39, 0.29) is 5.78 Å². The van der Waals surface area contributed by atoms with Crippen LogP contribution in [0.1, 0.15) is 46.5 Å². The van der Waals surface area contributed by atoms with Gasteiger partial charge in [-0.3, -0.25) is 10.1 Å². The highest BCUT2D eigenvalue weighted by Gasteiger charge is 2.39. The van der Waals surface area contributed by atoms with Crippen molar-refractivity contribution in [1.82, 2.24) is 5.32 Å².